The lowest BCUT2D eigenvalue weighted by atomic mass is 10.1. The van der Waals surface area contributed by atoms with E-state index in [4.69, 9.17) is 46.0 Å². The van der Waals surface area contributed by atoms with E-state index in [1.807, 2.05) is 20.8 Å². The molecule has 9 heteroatoms. The molecule has 3 aromatic carbocycles. The van der Waals surface area contributed by atoms with Gasteiger partial charge in [-0.2, -0.15) is 0 Å². The summed E-state index contributed by atoms with van der Waals surface area (Å²) in [4.78, 5) is 0. The predicted octanol–water partition coefficient (Wildman–Crippen LogP) is 5.27. The summed E-state index contributed by atoms with van der Waals surface area (Å²) in [6.45, 7) is 6.00. The second kappa shape index (κ2) is 14.3. The molecule has 0 aliphatic heterocycles. The molecule has 0 radical (unpaired) electrons. The molecule has 0 aliphatic rings. The van der Waals surface area contributed by atoms with Crippen molar-refractivity contribution >= 4 is 0 Å². The van der Waals surface area contributed by atoms with E-state index in [0.29, 0.717) is 0 Å². The summed E-state index contributed by atoms with van der Waals surface area (Å²) >= 11 is 0. The Morgan fingerprint density at radius 1 is 0.361 bits per heavy atom. The molecule has 0 unspecified atom stereocenters. The van der Waals surface area contributed by atoms with E-state index in [0.717, 1.165) is 55.2 Å². The van der Waals surface area contributed by atoms with Crippen LogP contribution in [0.3, 0.4) is 0 Å². The number of aryl methyl sites for hydroxylation is 3. The van der Waals surface area contributed by atoms with Gasteiger partial charge >= 0.3 is 0 Å². The van der Waals surface area contributed by atoms with Gasteiger partial charge in [-0.05, 0) is 72.4 Å². The van der Waals surface area contributed by atoms with Gasteiger partial charge in [-0.1, -0.05) is 40.0 Å². The summed E-state index contributed by atoms with van der Waals surface area (Å²) in [5.74, 6) is -2.94. The number of benzene rings is 3. The minimum atomic E-state index is -0.449. The molecule has 36 heavy (non-hydrogen) atoms. The highest BCUT2D eigenvalue weighted by Crippen LogP contribution is 2.37. The van der Waals surface area contributed by atoms with E-state index < -0.39 is 17.2 Å². The number of aromatic hydroxyl groups is 9. The van der Waals surface area contributed by atoms with Crippen LogP contribution in [-0.4, -0.2) is 46.0 Å². The molecule has 0 atom stereocenters. The zero-order chi connectivity index (χ0) is 27.4. The Morgan fingerprint density at radius 2 is 0.528 bits per heavy atom. The Labute approximate surface area is 210 Å². The molecule has 198 valence electrons. The quantitative estimate of drug-likeness (QED) is 0.202. The van der Waals surface area contributed by atoms with Gasteiger partial charge in [0.25, 0.3) is 0 Å². The first-order valence-electron chi connectivity index (χ1n) is 11.7. The predicted molar refractivity (Wildman–Crippen MR) is 136 cm³/mol. The van der Waals surface area contributed by atoms with Crippen molar-refractivity contribution in [2.45, 2.75) is 59.3 Å². The van der Waals surface area contributed by atoms with Crippen LogP contribution in [0.4, 0.5) is 0 Å². The number of phenols is 9. The van der Waals surface area contributed by atoms with Crippen molar-refractivity contribution in [2.24, 2.45) is 0 Å². The van der Waals surface area contributed by atoms with Crippen LogP contribution in [0.2, 0.25) is 0 Å². The van der Waals surface area contributed by atoms with Crippen LogP contribution in [0.15, 0.2) is 36.4 Å². The molecule has 0 saturated heterocycles. The molecule has 0 spiro atoms. The van der Waals surface area contributed by atoms with E-state index in [9.17, 15) is 0 Å². The zero-order valence-corrected chi connectivity index (χ0v) is 20.7. The van der Waals surface area contributed by atoms with Crippen molar-refractivity contribution in [1.29, 1.82) is 0 Å². The molecular formula is C27H36O9. The maximum atomic E-state index is 9.10. The molecule has 3 aromatic rings. The van der Waals surface area contributed by atoms with E-state index in [2.05, 4.69) is 0 Å². The zero-order valence-electron chi connectivity index (χ0n) is 20.7. The second-order valence-electron chi connectivity index (χ2n) is 8.20. The highest BCUT2D eigenvalue weighted by atomic mass is 16.3. The maximum absolute atomic E-state index is 9.10. The van der Waals surface area contributed by atoms with Gasteiger partial charge in [0, 0.05) is 0 Å². The lowest BCUT2D eigenvalue weighted by Crippen LogP contribution is -1.82. The molecular weight excluding hydrogens is 468 g/mol. The summed E-state index contributed by atoms with van der Waals surface area (Å²) in [7, 11) is 0. The van der Waals surface area contributed by atoms with E-state index in [1.54, 1.807) is 0 Å². The second-order valence-corrected chi connectivity index (χ2v) is 8.20. The molecule has 0 heterocycles. The van der Waals surface area contributed by atoms with Gasteiger partial charge < -0.3 is 46.0 Å². The number of rotatable bonds is 6. The van der Waals surface area contributed by atoms with Gasteiger partial charge in [0.15, 0.2) is 51.7 Å². The number of phenolic OH excluding ortho intramolecular Hbond substituents is 9. The smallest absolute Gasteiger partial charge is 0.200 e. The van der Waals surface area contributed by atoms with Crippen LogP contribution in [-0.2, 0) is 19.3 Å². The van der Waals surface area contributed by atoms with Crippen molar-refractivity contribution in [3.8, 4) is 51.7 Å². The van der Waals surface area contributed by atoms with Gasteiger partial charge in [-0.3, -0.25) is 0 Å². The summed E-state index contributed by atoms with van der Waals surface area (Å²) < 4.78 is 0. The summed E-state index contributed by atoms with van der Waals surface area (Å²) in [5, 5.41) is 81.6. The Bertz CT molecular complexity index is 916. The molecule has 0 aliphatic carbocycles. The lowest BCUT2D eigenvalue weighted by Gasteiger charge is -2.03. The third-order valence-corrected chi connectivity index (χ3v) is 5.00. The van der Waals surface area contributed by atoms with Gasteiger partial charge in [0.05, 0.1) is 0 Å². The topological polar surface area (TPSA) is 182 Å². The molecule has 3 rings (SSSR count). The highest BCUT2D eigenvalue weighted by Gasteiger charge is 2.08. The van der Waals surface area contributed by atoms with Gasteiger partial charge in [-0.15, -0.1) is 0 Å². The fourth-order valence-corrected chi connectivity index (χ4v) is 3.28. The van der Waals surface area contributed by atoms with E-state index in [1.165, 1.54) is 36.4 Å². The van der Waals surface area contributed by atoms with Crippen LogP contribution >= 0.6 is 0 Å². The summed E-state index contributed by atoms with van der Waals surface area (Å²) in [6.07, 6.45) is 5.14. The van der Waals surface area contributed by atoms with E-state index >= 15 is 0 Å². The number of hydrogen-bond donors (Lipinski definition) is 9. The fourth-order valence-electron chi connectivity index (χ4n) is 3.28. The molecule has 0 saturated carbocycles. The standard InChI is InChI=1S/3C9H12O3/c3*1-2-3-6-4-7(10)9(12)8(11)5-6/h3*4-5,10-12H,2-3H2,1H3. The minimum absolute atomic E-state index is 0.265. The first kappa shape index (κ1) is 29.9. The van der Waals surface area contributed by atoms with Crippen molar-refractivity contribution in [3.05, 3.63) is 53.1 Å². The van der Waals surface area contributed by atoms with Gasteiger partial charge in [-0.25, -0.2) is 0 Å². The average Bonchev–Trinajstić information content (AvgIpc) is 2.81. The van der Waals surface area contributed by atoms with Crippen molar-refractivity contribution in [1.82, 2.24) is 0 Å². The Balaban J connectivity index is 0.000000270. The van der Waals surface area contributed by atoms with Crippen molar-refractivity contribution in [2.75, 3.05) is 0 Å². The highest BCUT2D eigenvalue weighted by molar-refractivity contribution is 5.52. The SMILES string of the molecule is CCCc1cc(O)c(O)c(O)c1.CCCc1cc(O)c(O)c(O)c1.CCCc1cc(O)c(O)c(O)c1. The van der Waals surface area contributed by atoms with Crippen LogP contribution in [0.25, 0.3) is 0 Å². The molecule has 0 aromatic heterocycles. The fraction of sp³-hybridized carbons (Fsp3) is 0.333. The molecule has 9 N–H and O–H groups in total. The molecule has 9 nitrogen and oxygen atoms in total. The normalized spacial score (nSPS) is 10.1. The van der Waals surface area contributed by atoms with Crippen LogP contribution < -0.4 is 0 Å². The van der Waals surface area contributed by atoms with Gasteiger partial charge in [0.1, 0.15) is 0 Å². The first-order chi connectivity index (χ1) is 16.9. The average molecular weight is 505 g/mol. The molecule has 0 bridgehead atoms. The molecule has 0 fully saturated rings. The monoisotopic (exact) mass is 504 g/mol. The molecule has 0 amide bonds. The third kappa shape index (κ3) is 8.90. The van der Waals surface area contributed by atoms with Crippen molar-refractivity contribution < 1.29 is 46.0 Å². The largest absolute Gasteiger partial charge is 0.504 e. The number of hydrogen-bond acceptors (Lipinski definition) is 9. The van der Waals surface area contributed by atoms with Crippen molar-refractivity contribution in [3.63, 3.8) is 0 Å². The Hall–Kier alpha value is -4.14. The van der Waals surface area contributed by atoms with E-state index in [-0.39, 0.29) is 34.5 Å². The third-order valence-electron chi connectivity index (χ3n) is 5.00. The van der Waals surface area contributed by atoms with Crippen LogP contribution in [0.5, 0.6) is 51.7 Å². The Morgan fingerprint density at radius 3 is 0.667 bits per heavy atom. The first-order valence-corrected chi connectivity index (χ1v) is 11.7. The van der Waals surface area contributed by atoms with Gasteiger partial charge in [0.2, 0.25) is 0 Å². The lowest BCUT2D eigenvalue weighted by molar-refractivity contribution is 0.367. The van der Waals surface area contributed by atoms with Crippen LogP contribution in [0, 0.1) is 0 Å². The minimum Gasteiger partial charge on any atom is -0.504 e. The summed E-state index contributed by atoms with van der Waals surface area (Å²) in [5.41, 5.74) is 2.47. The van der Waals surface area contributed by atoms with Crippen LogP contribution in [0.1, 0.15) is 56.7 Å². The summed E-state index contributed by atoms with van der Waals surface area (Å²) in [6, 6.07) is 8.74. The maximum Gasteiger partial charge on any atom is 0.200 e. The Kier molecular flexibility index (Phi) is 11.9.